The molecule has 0 bridgehead atoms. The van der Waals surface area contributed by atoms with E-state index in [1.165, 1.54) is 6.92 Å². The fourth-order valence-electron chi connectivity index (χ4n) is 1.84. The zero-order chi connectivity index (χ0) is 12.1. The maximum atomic E-state index is 11.4. The number of carbonyl (C=O) groups is 2. The van der Waals surface area contributed by atoms with E-state index >= 15 is 0 Å². The summed E-state index contributed by atoms with van der Waals surface area (Å²) in [6, 6.07) is -0.244. The molecule has 1 aliphatic rings. The molecule has 0 saturated heterocycles. The number of nitrogens with one attached hydrogen (secondary N) is 2. The third-order valence-corrected chi connectivity index (χ3v) is 3.15. The lowest BCUT2D eigenvalue weighted by atomic mass is 9.87. The number of amides is 3. The summed E-state index contributed by atoms with van der Waals surface area (Å²) in [4.78, 5) is 22.5. The number of carbonyl (C=O) groups excluding carboxylic acids is 2. The molecule has 1 fully saturated rings. The van der Waals surface area contributed by atoms with Crippen LogP contribution in [0, 0.1) is 5.92 Å². The predicted molar refractivity (Wildman–Crippen MR) is 63.4 cm³/mol. The topological polar surface area (TPSA) is 58.2 Å². The summed E-state index contributed by atoms with van der Waals surface area (Å²) in [5.41, 5.74) is 0. The van der Waals surface area contributed by atoms with E-state index in [0.29, 0.717) is 0 Å². The van der Waals surface area contributed by atoms with Crippen molar-refractivity contribution in [2.75, 3.05) is 0 Å². The van der Waals surface area contributed by atoms with Gasteiger partial charge in [0.2, 0.25) is 5.91 Å². The van der Waals surface area contributed by atoms with E-state index in [0.717, 1.165) is 31.6 Å². The van der Waals surface area contributed by atoms with Crippen LogP contribution >= 0.6 is 11.6 Å². The van der Waals surface area contributed by atoms with Crippen molar-refractivity contribution < 1.29 is 9.59 Å². The van der Waals surface area contributed by atoms with Crippen molar-refractivity contribution in [3.8, 4) is 0 Å². The molecular formula is C11H19ClN2O2. The molecule has 3 amide bonds. The fraction of sp³-hybridized carbons (Fsp3) is 0.818. The van der Waals surface area contributed by atoms with Gasteiger partial charge in [0.05, 0.1) is 0 Å². The highest BCUT2D eigenvalue weighted by Gasteiger charge is 2.21. The number of imide groups is 1. The first-order valence-electron chi connectivity index (χ1n) is 5.74. The van der Waals surface area contributed by atoms with Crippen molar-refractivity contribution in [3.63, 3.8) is 0 Å². The van der Waals surface area contributed by atoms with E-state index < -0.39 is 17.3 Å². The summed E-state index contributed by atoms with van der Waals surface area (Å²) >= 11 is 5.54. The molecular weight excluding hydrogens is 228 g/mol. The molecule has 1 aliphatic carbocycles. The molecule has 0 spiro atoms. The van der Waals surface area contributed by atoms with Gasteiger partial charge in [0.1, 0.15) is 5.38 Å². The monoisotopic (exact) mass is 246 g/mol. The van der Waals surface area contributed by atoms with Crippen LogP contribution in [0.1, 0.15) is 39.5 Å². The Hall–Kier alpha value is -0.770. The first-order chi connectivity index (χ1) is 7.49. The molecule has 0 aliphatic heterocycles. The molecule has 1 saturated carbocycles. The van der Waals surface area contributed by atoms with Crippen LogP contribution in [-0.4, -0.2) is 23.4 Å². The largest absolute Gasteiger partial charge is 0.335 e. The van der Waals surface area contributed by atoms with Gasteiger partial charge in [0.25, 0.3) is 0 Å². The van der Waals surface area contributed by atoms with Gasteiger partial charge in [0, 0.05) is 6.04 Å². The van der Waals surface area contributed by atoms with Gasteiger partial charge in [-0.3, -0.25) is 10.1 Å². The van der Waals surface area contributed by atoms with Crippen molar-refractivity contribution >= 4 is 23.5 Å². The van der Waals surface area contributed by atoms with Crippen LogP contribution < -0.4 is 10.6 Å². The number of alkyl halides is 1. The minimum absolute atomic E-state index is 0.189. The van der Waals surface area contributed by atoms with Gasteiger partial charge < -0.3 is 5.32 Å². The van der Waals surface area contributed by atoms with Crippen LogP contribution in [0.15, 0.2) is 0 Å². The predicted octanol–water partition coefficient (Wildman–Crippen LogP) is 2.02. The van der Waals surface area contributed by atoms with E-state index in [4.69, 9.17) is 11.6 Å². The van der Waals surface area contributed by atoms with Crippen LogP contribution in [0.25, 0.3) is 0 Å². The summed E-state index contributed by atoms with van der Waals surface area (Å²) in [7, 11) is 0. The van der Waals surface area contributed by atoms with Gasteiger partial charge in [-0.05, 0) is 38.5 Å². The first-order valence-corrected chi connectivity index (χ1v) is 6.18. The highest BCUT2D eigenvalue weighted by atomic mass is 35.5. The zero-order valence-corrected chi connectivity index (χ0v) is 10.5. The van der Waals surface area contributed by atoms with Gasteiger partial charge >= 0.3 is 6.03 Å². The van der Waals surface area contributed by atoms with Crippen molar-refractivity contribution in [1.29, 1.82) is 0 Å². The molecule has 0 aromatic carbocycles. The number of rotatable bonds is 2. The molecule has 4 nitrogen and oxygen atoms in total. The normalized spacial score (nSPS) is 26.9. The molecule has 2 N–H and O–H groups in total. The fourth-order valence-corrected chi connectivity index (χ4v) is 1.89. The van der Waals surface area contributed by atoms with Crippen molar-refractivity contribution in [2.24, 2.45) is 5.92 Å². The molecule has 5 heteroatoms. The third-order valence-electron chi connectivity index (χ3n) is 2.95. The second kappa shape index (κ2) is 6.09. The van der Waals surface area contributed by atoms with Gasteiger partial charge in [0.15, 0.2) is 0 Å². The number of halogens is 1. The number of hydrogen-bond acceptors (Lipinski definition) is 2. The summed E-state index contributed by atoms with van der Waals surface area (Å²) in [6.45, 7) is 3.75. The average molecular weight is 247 g/mol. The number of hydrogen-bond donors (Lipinski definition) is 2. The van der Waals surface area contributed by atoms with Gasteiger partial charge in [-0.2, -0.15) is 0 Å². The highest BCUT2D eigenvalue weighted by molar-refractivity contribution is 6.31. The smallest absolute Gasteiger partial charge is 0.321 e. The minimum atomic E-state index is -0.683. The van der Waals surface area contributed by atoms with E-state index in [9.17, 15) is 9.59 Å². The molecule has 0 heterocycles. The summed E-state index contributed by atoms with van der Waals surface area (Å²) in [6.07, 6.45) is 4.23. The maximum Gasteiger partial charge on any atom is 0.321 e. The Morgan fingerprint density at radius 2 is 1.81 bits per heavy atom. The minimum Gasteiger partial charge on any atom is -0.335 e. The van der Waals surface area contributed by atoms with Gasteiger partial charge in [-0.25, -0.2) is 4.79 Å². The van der Waals surface area contributed by atoms with Crippen LogP contribution in [0.2, 0.25) is 0 Å². The molecule has 1 unspecified atom stereocenters. The Morgan fingerprint density at radius 1 is 1.25 bits per heavy atom. The molecule has 16 heavy (non-hydrogen) atoms. The lowest BCUT2D eigenvalue weighted by Crippen LogP contribution is -2.47. The maximum absolute atomic E-state index is 11.4. The van der Waals surface area contributed by atoms with Crippen molar-refractivity contribution in [1.82, 2.24) is 10.6 Å². The Balaban J connectivity index is 2.26. The second-order valence-corrected chi connectivity index (χ2v) is 5.19. The molecule has 0 aromatic heterocycles. The van der Waals surface area contributed by atoms with E-state index in [-0.39, 0.29) is 6.04 Å². The lowest BCUT2D eigenvalue weighted by Gasteiger charge is -2.26. The standard InChI is InChI=1S/C11H19ClN2O2/c1-7-3-5-9(6-4-7)13-11(16)14-10(15)8(2)12/h7-9H,3-6H2,1-2H3,(H2,13,14,15,16). The summed E-state index contributed by atoms with van der Waals surface area (Å²) < 4.78 is 0. The van der Waals surface area contributed by atoms with Crippen LogP contribution in [0.4, 0.5) is 4.79 Å². The Bertz CT molecular complexity index is 261. The molecule has 0 aromatic rings. The van der Waals surface area contributed by atoms with E-state index in [1.54, 1.807) is 0 Å². The molecule has 92 valence electrons. The Labute approximate surface area is 101 Å². The summed E-state index contributed by atoms with van der Waals surface area (Å²) in [5, 5.41) is 4.33. The quantitative estimate of drug-likeness (QED) is 0.733. The highest BCUT2D eigenvalue weighted by Crippen LogP contribution is 2.23. The van der Waals surface area contributed by atoms with Crippen molar-refractivity contribution in [2.45, 2.75) is 50.9 Å². The summed E-state index contributed by atoms with van der Waals surface area (Å²) in [5.74, 6) is 0.286. The van der Waals surface area contributed by atoms with Crippen molar-refractivity contribution in [3.05, 3.63) is 0 Å². The Morgan fingerprint density at radius 3 is 2.31 bits per heavy atom. The molecule has 1 rings (SSSR count). The molecule has 1 atom stereocenters. The lowest BCUT2D eigenvalue weighted by molar-refractivity contribution is -0.119. The van der Waals surface area contributed by atoms with E-state index in [2.05, 4.69) is 17.6 Å². The third kappa shape index (κ3) is 4.39. The van der Waals surface area contributed by atoms with Crippen LogP contribution in [0.5, 0.6) is 0 Å². The molecule has 0 radical (unpaired) electrons. The number of urea groups is 1. The zero-order valence-electron chi connectivity index (χ0n) is 9.75. The van der Waals surface area contributed by atoms with Gasteiger partial charge in [-0.1, -0.05) is 6.92 Å². The average Bonchev–Trinajstić information content (AvgIpc) is 2.21. The SMILES string of the molecule is CC1CCC(NC(=O)NC(=O)C(C)Cl)CC1. The second-order valence-electron chi connectivity index (χ2n) is 4.54. The van der Waals surface area contributed by atoms with E-state index in [1.807, 2.05) is 0 Å². The Kier molecular flexibility index (Phi) is 5.06. The van der Waals surface area contributed by atoms with Crippen LogP contribution in [-0.2, 0) is 4.79 Å². The van der Waals surface area contributed by atoms with Gasteiger partial charge in [-0.15, -0.1) is 11.6 Å². The van der Waals surface area contributed by atoms with Crippen LogP contribution in [0.3, 0.4) is 0 Å². The first kappa shape index (κ1) is 13.3.